The Bertz CT molecular complexity index is 833. The van der Waals surface area contributed by atoms with E-state index in [0.717, 1.165) is 16.5 Å². The highest BCUT2D eigenvalue weighted by molar-refractivity contribution is 6.30. The maximum atomic E-state index is 6.00. The van der Waals surface area contributed by atoms with Crippen molar-refractivity contribution in [3.05, 3.63) is 52.9 Å². The van der Waals surface area contributed by atoms with Gasteiger partial charge in [-0.15, -0.1) is 0 Å². The molecule has 1 aromatic carbocycles. The summed E-state index contributed by atoms with van der Waals surface area (Å²) in [7, 11) is 5.75. The van der Waals surface area contributed by atoms with E-state index in [-0.39, 0.29) is 6.04 Å². The second-order valence-corrected chi connectivity index (χ2v) is 6.39. The zero-order valence-corrected chi connectivity index (χ0v) is 15.2. The molecule has 0 saturated heterocycles. The molecule has 3 rings (SSSR count). The summed E-state index contributed by atoms with van der Waals surface area (Å²) in [6.07, 6.45) is 1.49. The standard InChI is InChI=1S/C17H21ClN6O/c1-23(2)15(12-4-6-13(18)7-5-12)9-19-16-8-14(10-25-3)22-17-20-11-21-24(16)17/h4-8,11,15,19H,9-10H2,1-3H3. The normalized spacial score (nSPS) is 12.7. The van der Waals surface area contributed by atoms with Gasteiger partial charge in [0.05, 0.1) is 18.3 Å². The van der Waals surface area contributed by atoms with E-state index in [1.807, 2.05) is 30.3 Å². The summed E-state index contributed by atoms with van der Waals surface area (Å²) in [6.45, 7) is 1.12. The zero-order chi connectivity index (χ0) is 17.8. The minimum absolute atomic E-state index is 0.176. The van der Waals surface area contributed by atoms with Gasteiger partial charge in [0.25, 0.3) is 5.78 Å². The molecule has 3 aromatic rings. The maximum absolute atomic E-state index is 6.00. The number of fused-ring (bicyclic) bond motifs is 1. The lowest BCUT2D eigenvalue weighted by Gasteiger charge is -2.25. The Balaban J connectivity index is 1.84. The van der Waals surface area contributed by atoms with Gasteiger partial charge >= 0.3 is 0 Å². The van der Waals surface area contributed by atoms with Crippen molar-refractivity contribution >= 4 is 23.2 Å². The van der Waals surface area contributed by atoms with Gasteiger partial charge in [-0.05, 0) is 31.8 Å². The monoisotopic (exact) mass is 360 g/mol. The van der Waals surface area contributed by atoms with Crippen molar-refractivity contribution in [2.75, 3.05) is 33.1 Å². The maximum Gasteiger partial charge on any atom is 0.254 e. The van der Waals surface area contributed by atoms with Crippen LogP contribution < -0.4 is 5.32 Å². The molecule has 1 atom stereocenters. The molecule has 0 aliphatic rings. The van der Waals surface area contributed by atoms with Crippen molar-refractivity contribution in [2.45, 2.75) is 12.6 Å². The van der Waals surface area contributed by atoms with Crippen LogP contribution >= 0.6 is 11.6 Å². The lowest BCUT2D eigenvalue weighted by Crippen LogP contribution is -2.27. The fourth-order valence-corrected chi connectivity index (χ4v) is 2.82. The van der Waals surface area contributed by atoms with Crippen molar-refractivity contribution in [2.24, 2.45) is 0 Å². The number of aromatic nitrogens is 4. The van der Waals surface area contributed by atoms with E-state index in [2.05, 4.69) is 39.4 Å². The van der Waals surface area contributed by atoms with Crippen molar-refractivity contribution < 1.29 is 4.74 Å². The molecule has 132 valence electrons. The van der Waals surface area contributed by atoms with E-state index in [1.54, 1.807) is 11.6 Å². The van der Waals surface area contributed by atoms with Crippen molar-refractivity contribution in [3.63, 3.8) is 0 Å². The van der Waals surface area contributed by atoms with Gasteiger partial charge in [0, 0.05) is 24.7 Å². The number of hydrogen-bond donors (Lipinski definition) is 1. The van der Waals surface area contributed by atoms with Crippen LogP contribution in [-0.2, 0) is 11.3 Å². The molecule has 7 nitrogen and oxygen atoms in total. The lowest BCUT2D eigenvalue weighted by molar-refractivity contribution is 0.181. The first-order valence-corrected chi connectivity index (χ1v) is 8.30. The molecule has 8 heteroatoms. The number of methoxy groups -OCH3 is 1. The highest BCUT2D eigenvalue weighted by atomic mass is 35.5. The Labute approximate surface area is 151 Å². The Morgan fingerprint density at radius 1 is 1.28 bits per heavy atom. The molecule has 1 N–H and O–H groups in total. The fraction of sp³-hybridized carbons (Fsp3) is 0.353. The smallest absolute Gasteiger partial charge is 0.254 e. The van der Waals surface area contributed by atoms with Crippen LogP contribution in [0.25, 0.3) is 5.78 Å². The third-order valence-electron chi connectivity index (χ3n) is 3.95. The first-order chi connectivity index (χ1) is 12.1. The van der Waals surface area contributed by atoms with Crippen LogP contribution in [0.2, 0.25) is 5.02 Å². The van der Waals surface area contributed by atoms with Gasteiger partial charge in [0.1, 0.15) is 12.1 Å². The van der Waals surface area contributed by atoms with Crippen LogP contribution in [0.3, 0.4) is 0 Å². The highest BCUT2D eigenvalue weighted by Crippen LogP contribution is 2.21. The molecule has 0 saturated carbocycles. The number of nitrogens with one attached hydrogen (secondary N) is 1. The molecular formula is C17H21ClN6O. The summed E-state index contributed by atoms with van der Waals surface area (Å²) in [5.74, 6) is 1.38. The van der Waals surface area contributed by atoms with Gasteiger partial charge in [0.2, 0.25) is 0 Å². The predicted molar refractivity (Wildman–Crippen MR) is 97.9 cm³/mol. The van der Waals surface area contributed by atoms with E-state index in [1.165, 1.54) is 11.9 Å². The molecule has 0 bridgehead atoms. The van der Waals surface area contributed by atoms with Gasteiger partial charge in [-0.2, -0.15) is 14.6 Å². The average molecular weight is 361 g/mol. The van der Waals surface area contributed by atoms with Crippen molar-refractivity contribution in [1.29, 1.82) is 0 Å². The molecule has 2 aromatic heterocycles. The predicted octanol–water partition coefficient (Wildman–Crippen LogP) is 2.64. The number of anilines is 1. The number of nitrogens with zero attached hydrogens (tertiary/aromatic N) is 5. The molecule has 0 amide bonds. The first kappa shape index (κ1) is 17.6. The zero-order valence-electron chi connectivity index (χ0n) is 14.5. The van der Waals surface area contributed by atoms with Gasteiger partial charge in [0.15, 0.2) is 0 Å². The molecule has 25 heavy (non-hydrogen) atoms. The molecule has 0 aliphatic heterocycles. The van der Waals surface area contributed by atoms with Crippen LogP contribution in [0.15, 0.2) is 36.7 Å². The summed E-state index contributed by atoms with van der Waals surface area (Å²) >= 11 is 6.00. The largest absolute Gasteiger partial charge is 0.378 e. The fourth-order valence-electron chi connectivity index (χ4n) is 2.69. The highest BCUT2D eigenvalue weighted by Gasteiger charge is 2.15. The SMILES string of the molecule is COCc1cc(NCC(c2ccc(Cl)cc2)N(C)C)n2ncnc2n1. The van der Waals surface area contributed by atoms with Crippen LogP contribution in [-0.4, -0.2) is 52.2 Å². The number of ether oxygens (including phenoxy) is 1. The Kier molecular flexibility index (Phi) is 5.47. The molecule has 1 unspecified atom stereocenters. The van der Waals surface area contributed by atoms with Crippen LogP contribution in [0, 0.1) is 0 Å². The number of halogens is 1. The second-order valence-electron chi connectivity index (χ2n) is 5.95. The molecule has 0 radical (unpaired) electrons. The minimum atomic E-state index is 0.176. The summed E-state index contributed by atoms with van der Waals surface area (Å²) in [5.41, 5.74) is 1.99. The molecule has 0 aliphatic carbocycles. The molecular weight excluding hydrogens is 340 g/mol. The van der Waals surface area contributed by atoms with Crippen LogP contribution in [0.4, 0.5) is 5.82 Å². The lowest BCUT2D eigenvalue weighted by atomic mass is 10.1. The van der Waals surface area contributed by atoms with Gasteiger partial charge in [-0.25, -0.2) is 4.98 Å². The van der Waals surface area contributed by atoms with Crippen molar-refractivity contribution in [1.82, 2.24) is 24.5 Å². The summed E-state index contributed by atoms with van der Waals surface area (Å²) < 4.78 is 6.87. The van der Waals surface area contributed by atoms with Crippen molar-refractivity contribution in [3.8, 4) is 0 Å². The minimum Gasteiger partial charge on any atom is -0.378 e. The van der Waals surface area contributed by atoms with E-state index in [9.17, 15) is 0 Å². The van der Waals surface area contributed by atoms with E-state index in [0.29, 0.717) is 18.9 Å². The molecule has 2 heterocycles. The first-order valence-electron chi connectivity index (χ1n) is 7.93. The third-order valence-corrected chi connectivity index (χ3v) is 4.20. The van der Waals surface area contributed by atoms with Gasteiger partial charge < -0.3 is 15.0 Å². The number of hydrogen-bond acceptors (Lipinski definition) is 6. The Hall–Kier alpha value is -2.22. The third kappa shape index (κ3) is 4.07. The van der Waals surface area contributed by atoms with E-state index in [4.69, 9.17) is 16.3 Å². The number of rotatable bonds is 7. The Morgan fingerprint density at radius 3 is 2.72 bits per heavy atom. The van der Waals surface area contributed by atoms with Gasteiger partial charge in [-0.1, -0.05) is 23.7 Å². The molecule has 0 fully saturated rings. The summed E-state index contributed by atoms with van der Waals surface area (Å²) in [6, 6.07) is 10.0. The number of benzene rings is 1. The summed E-state index contributed by atoms with van der Waals surface area (Å²) in [5, 5.41) is 8.43. The van der Waals surface area contributed by atoms with Crippen LogP contribution in [0.1, 0.15) is 17.3 Å². The summed E-state index contributed by atoms with van der Waals surface area (Å²) in [4.78, 5) is 10.7. The second kappa shape index (κ2) is 7.77. The van der Waals surface area contributed by atoms with E-state index >= 15 is 0 Å². The average Bonchev–Trinajstić information content (AvgIpc) is 3.05. The Morgan fingerprint density at radius 2 is 2.04 bits per heavy atom. The molecule has 0 spiro atoms. The topological polar surface area (TPSA) is 67.6 Å². The van der Waals surface area contributed by atoms with E-state index < -0.39 is 0 Å². The number of likely N-dealkylation sites (N-methyl/N-ethyl adjacent to an activating group) is 1. The van der Waals surface area contributed by atoms with Crippen LogP contribution in [0.5, 0.6) is 0 Å². The quantitative estimate of drug-likeness (QED) is 0.698. The van der Waals surface area contributed by atoms with Gasteiger partial charge in [-0.3, -0.25) is 0 Å².